The Bertz CT molecular complexity index is 1350. The number of carbonyl (C=O) groups is 1. The van der Waals surface area contributed by atoms with E-state index in [-0.39, 0.29) is 29.1 Å². The lowest BCUT2D eigenvalue weighted by molar-refractivity contribution is -0.171. The summed E-state index contributed by atoms with van der Waals surface area (Å²) in [6.07, 6.45) is 6.90. The predicted octanol–water partition coefficient (Wildman–Crippen LogP) is 3.92. The fourth-order valence-electron chi connectivity index (χ4n) is 9.26. The Balaban J connectivity index is 1.23. The van der Waals surface area contributed by atoms with Crippen LogP contribution in [0.1, 0.15) is 59.2 Å². The van der Waals surface area contributed by atoms with E-state index in [4.69, 9.17) is 9.47 Å². The number of hydrogen-bond acceptors (Lipinski definition) is 5. The summed E-state index contributed by atoms with van der Waals surface area (Å²) in [6, 6.07) is 16.6. The summed E-state index contributed by atoms with van der Waals surface area (Å²) in [7, 11) is 1.75. The first-order chi connectivity index (χ1) is 18.1. The number of rotatable bonds is 4. The van der Waals surface area contributed by atoms with Crippen molar-refractivity contribution in [2.75, 3.05) is 26.7 Å². The molecule has 3 aliphatic heterocycles. The molecule has 1 amide bonds. The second-order valence-corrected chi connectivity index (χ2v) is 12.2. The third-order valence-electron chi connectivity index (χ3n) is 10.8. The molecule has 190 valence electrons. The van der Waals surface area contributed by atoms with Crippen molar-refractivity contribution in [1.29, 1.82) is 5.26 Å². The Kier molecular flexibility index (Phi) is 4.54. The summed E-state index contributed by atoms with van der Waals surface area (Å²) in [4.78, 5) is 18.7. The number of fused-ring (bicyclic) bond motifs is 1. The van der Waals surface area contributed by atoms with Gasteiger partial charge in [-0.2, -0.15) is 5.26 Å². The van der Waals surface area contributed by atoms with E-state index >= 15 is 0 Å². The number of benzene rings is 2. The van der Waals surface area contributed by atoms with E-state index in [1.165, 1.54) is 30.5 Å². The van der Waals surface area contributed by atoms with E-state index in [1.807, 2.05) is 12.1 Å². The second-order valence-electron chi connectivity index (χ2n) is 12.2. The van der Waals surface area contributed by atoms with Crippen molar-refractivity contribution >= 4 is 5.91 Å². The van der Waals surface area contributed by atoms with E-state index in [0.29, 0.717) is 29.6 Å². The van der Waals surface area contributed by atoms with E-state index < -0.39 is 0 Å². The number of carbonyl (C=O) groups excluding carboxylic acids is 1. The molecule has 3 heterocycles. The maximum atomic E-state index is 13.8. The van der Waals surface area contributed by atoms with Crippen molar-refractivity contribution in [1.82, 2.24) is 9.80 Å². The molecule has 6 aliphatic rings. The van der Waals surface area contributed by atoms with Crippen molar-refractivity contribution in [3.8, 4) is 11.8 Å². The number of ether oxygens (including phenoxy) is 2. The average Bonchev–Trinajstić information content (AvgIpc) is 3.63. The Morgan fingerprint density at radius 2 is 2.08 bits per heavy atom. The molecule has 5 unspecified atom stereocenters. The van der Waals surface area contributed by atoms with Gasteiger partial charge in [0.2, 0.25) is 0 Å². The first-order valence-corrected chi connectivity index (χ1v) is 14.0. The largest absolute Gasteiger partial charge is 0.497 e. The molecule has 6 heteroatoms. The standard InChI is InChI=1S/C31H33N3O3/c1-36-23-8-7-21-14-27-31-10-9-25-28(30(31,24(21)15-23)11-12-33(27)17-19-5-6-19)26(37-31)18-34(25)29(35)22-4-2-3-20(13-22)16-32/h2-4,7-8,13,15,19,25-28H,5-6,9-12,14,17-18H2,1H3/t25?,26-,27?,28?,30?,31?/m1/s1. The van der Waals surface area contributed by atoms with Crippen molar-refractivity contribution in [2.45, 2.75) is 67.7 Å². The first-order valence-electron chi connectivity index (χ1n) is 14.0. The van der Waals surface area contributed by atoms with Gasteiger partial charge < -0.3 is 14.4 Å². The highest BCUT2D eigenvalue weighted by molar-refractivity contribution is 5.95. The fraction of sp³-hybridized carbons (Fsp3) is 0.548. The lowest BCUT2D eigenvalue weighted by Crippen LogP contribution is -2.74. The maximum absolute atomic E-state index is 13.8. The van der Waals surface area contributed by atoms with Gasteiger partial charge in [0, 0.05) is 42.1 Å². The Labute approximate surface area is 218 Å². The smallest absolute Gasteiger partial charge is 0.254 e. The average molecular weight is 496 g/mol. The van der Waals surface area contributed by atoms with E-state index in [0.717, 1.165) is 43.9 Å². The fourth-order valence-corrected chi connectivity index (χ4v) is 9.26. The van der Waals surface area contributed by atoms with Gasteiger partial charge in [0.25, 0.3) is 5.91 Å². The summed E-state index contributed by atoms with van der Waals surface area (Å²) in [5, 5.41) is 9.38. The zero-order valence-electron chi connectivity index (χ0n) is 21.4. The van der Waals surface area contributed by atoms with Crippen LogP contribution in [0.3, 0.4) is 0 Å². The van der Waals surface area contributed by atoms with Gasteiger partial charge in [0.1, 0.15) is 5.75 Å². The quantitative estimate of drug-likeness (QED) is 0.643. The number of hydrogen-bond donors (Lipinski definition) is 0. The minimum atomic E-state index is -0.179. The van der Waals surface area contributed by atoms with Gasteiger partial charge in [-0.1, -0.05) is 12.1 Å². The Morgan fingerprint density at radius 3 is 2.89 bits per heavy atom. The van der Waals surface area contributed by atoms with Crippen LogP contribution in [0.2, 0.25) is 0 Å². The van der Waals surface area contributed by atoms with Crippen LogP contribution in [-0.4, -0.2) is 66.2 Å². The highest BCUT2D eigenvalue weighted by atomic mass is 16.5. The third kappa shape index (κ3) is 2.80. The van der Waals surface area contributed by atoms with Gasteiger partial charge in [-0.05, 0) is 92.4 Å². The zero-order chi connectivity index (χ0) is 24.9. The molecule has 8 rings (SSSR count). The number of methoxy groups -OCH3 is 1. The summed E-state index contributed by atoms with van der Waals surface area (Å²) < 4.78 is 13.1. The molecule has 0 radical (unpaired) electrons. The van der Waals surface area contributed by atoms with Crippen molar-refractivity contribution < 1.29 is 14.3 Å². The molecule has 6 nitrogen and oxygen atoms in total. The minimum absolute atomic E-state index is 0.0356. The van der Waals surface area contributed by atoms with Gasteiger partial charge >= 0.3 is 0 Å². The van der Waals surface area contributed by atoms with Crippen molar-refractivity contribution in [3.05, 3.63) is 64.7 Å². The number of amides is 1. The summed E-state index contributed by atoms with van der Waals surface area (Å²) in [5.74, 6) is 2.10. The second kappa shape index (κ2) is 7.58. The number of piperidine rings is 1. The molecule has 2 aromatic carbocycles. The van der Waals surface area contributed by atoms with Crippen LogP contribution in [0.4, 0.5) is 0 Å². The topological polar surface area (TPSA) is 65.8 Å². The maximum Gasteiger partial charge on any atom is 0.254 e. The molecule has 6 atom stereocenters. The lowest BCUT2D eigenvalue weighted by Gasteiger charge is -2.64. The molecule has 2 saturated carbocycles. The van der Waals surface area contributed by atoms with Crippen LogP contribution in [0, 0.1) is 23.2 Å². The number of nitrogens with zero attached hydrogens (tertiary/aromatic N) is 3. The minimum Gasteiger partial charge on any atom is -0.497 e. The molecular weight excluding hydrogens is 462 g/mol. The van der Waals surface area contributed by atoms with Crippen molar-refractivity contribution in [3.63, 3.8) is 0 Å². The Hall–Kier alpha value is -2.88. The molecule has 4 bridgehead atoms. The Morgan fingerprint density at radius 1 is 1.19 bits per heavy atom. The van der Waals surface area contributed by atoms with Crippen LogP contribution >= 0.6 is 0 Å². The summed E-state index contributed by atoms with van der Waals surface area (Å²) in [6.45, 7) is 2.95. The molecule has 0 aromatic heterocycles. The van der Waals surface area contributed by atoms with Crippen LogP contribution < -0.4 is 4.74 Å². The summed E-state index contributed by atoms with van der Waals surface area (Å²) in [5.41, 5.74) is 3.74. The molecule has 37 heavy (non-hydrogen) atoms. The molecule has 3 aliphatic carbocycles. The summed E-state index contributed by atoms with van der Waals surface area (Å²) >= 11 is 0. The first kappa shape index (κ1) is 22.1. The molecule has 3 saturated heterocycles. The van der Waals surface area contributed by atoms with Crippen molar-refractivity contribution in [2.24, 2.45) is 11.8 Å². The van der Waals surface area contributed by atoms with Gasteiger partial charge in [-0.3, -0.25) is 9.69 Å². The van der Waals surface area contributed by atoms with Crippen LogP contribution in [0.5, 0.6) is 5.75 Å². The van der Waals surface area contributed by atoms with Crippen LogP contribution in [0.25, 0.3) is 0 Å². The van der Waals surface area contributed by atoms with Crippen LogP contribution in [-0.2, 0) is 16.6 Å². The van der Waals surface area contributed by atoms with E-state index in [2.05, 4.69) is 34.1 Å². The molecule has 0 spiro atoms. The number of nitriles is 1. The normalized spacial score (nSPS) is 37.0. The molecule has 5 fully saturated rings. The molecular formula is C31H33N3O3. The van der Waals surface area contributed by atoms with Gasteiger partial charge in [0.05, 0.1) is 30.4 Å². The highest BCUT2D eigenvalue weighted by Gasteiger charge is 2.78. The predicted molar refractivity (Wildman–Crippen MR) is 137 cm³/mol. The highest BCUT2D eigenvalue weighted by Crippen LogP contribution is 2.69. The molecule has 0 N–H and O–H groups in total. The monoisotopic (exact) mass is 495 g/mol. The van der Waals surface area contributed by atoms with Gasteiger partial charge in [-0.15, -0.1) is 0 Å². The van der Waals surface area contributed by atoms with Gasteiger partial charge in [-0.25, -0.2) is 0 Å². The zero-order valence-corrected chi connectivity index (χ0v) is 21.4. The van der Waals surface area contributed by atoms with E-state index in [9.17, 15) is 10.1 Å². The van der Waals surface area contributed by atoms with E-state index in [1.54, 1.807) is 19.2 Å². The van der Waals surface area contributed by atoms with Crippen LogP contribution in [0.15, 0.2) is 42.5 Å². The molecule has 2 aromatic rings. The van der Waals surface area contributed by atoms with Gasteiger partial charge in [0.15, 0.2) is 0 Å². The number of likely N-dealkylation sites (tertiary alicyclic amines) is 2. The third-order valence-corrected chi connectivity index (χ3v) is 10.8. The SMILES string of the molecule is COc1ccc2c(c1)C13CCN(CC4CC4)C(C2)C12CCC1C3[C@@H](CN1C(=O)c1cccc(C#N)c1)O2. The lowest BCUT2D eigenvalue weighted by atomic mass is 9.46.